The lowest BCUT2D eigenvalue weighted by atomic mass is 10.1. The number of thioether (sulfide) groups is 1. The number of methoxy groups -OCH3 is 2. The lowest BCUT2D eigenvalue weighted by molar-refractivity contribution is -0.122. The maximum Gasteiger partial charge on any atom is 0.267 e. The molecule has 0 unspecified atom stereocenters. The molecule has 2 aliphatic rings. The number of pyridine rings is 1. The van der Waals surface area contributed by atoms with Crippen molar-refractivity contribution < 1.29 is 14.3 Å². The highest BCUT2D eigenvalue weighted by Gasteiger charge is 2.33. The van der Waals surface area contributed by atoms with Crippen LogP contribution < -0.4 is 19.9 Å². The summed E-state index contributed by atoms with van der Waals surface area (Å²) in [4.78, 5) is 38.2. The smallest absolute Gasteiger partial charge is 0.267 e. The molecular weight excluding hydrogens is 522 g/mol. The van der Waals surface area contributed by atoms with E-state index < -0.39 is 0 Å². The van der Waals surface area contributed by atoms with Gasteiger partial charge >= 0.3 is 0 Å². The minimum Gasteiger partial charge on any atom is -0.493 e. The highest BCUT2D eigenvalue weighted by atomic mass is 32.2. The van der Waals surface area contributed by atoms with Crippen LogP contribution in [0.15, 0.2) is 52.3 Å². The number of anilines is 1. The number of nitrogens with zero attached hydrogens (tertiary/aromatic N) is 5. The number of carbonyl (C=O) groups is 1. The minimum absolute atomic E-state index is 0.206. The molecule has 9 nitrogen and oxygen atoms in total. The number of likely N-dealkylation sites (N-methyl/N-ethyl adjacent to an activating group) is 1. The zero-order valence-electron chi connectivity index (χ0n) is 21.5. The summed E-state index contributed by atoms with van der Waals surface area (Å²) in [6, 6.07) is 11.2. The molecule has 4 heterocycles. The van der Waals surface area contributed by atoms with Crippen LogP contribution in [-0.2, 0) is 11.2 Å². The van der Waals surface area contributed by atoms with Crippen LogP contribution in [0.25, 0.3) is 11.7 Å². The number of fused-ring (bicyclic) bond motifs is 1. The summed E-state index contributed by atoms with van der Waals surface area (Å²) in [6.45, 7) is 3.65. The van der Waals surface area contributed by atoms with Crippen molar-refractivity contribution in [1.29, 1.82) is 0 Å². The predicted molar refractivity (Wildman–Crippen MR) is 154 cm³/mol. The van der Waals surface area contributed by atoms with E-state index in [-0.39, 0.29) is 11.5 Å². The van der Waals surface area contributed by atoms with E-state index in [1.165, 1.54) is 16.2 Å². The standard InChI is InChI=1S/C27H29N5O4S2/c1-29-12-14-30(15-13-29)24-19(25(33)31-10-5-4-6-23(31)28-24)17-22-26(34)32(27(37)38-22)11-9-18-7-8-20(35-2)21(16-18)36-3/h4-8,10,16-17H,9,11-15H2,1-3H3/b22-17-. The van der Waals surface area contributed by atoms with E-state index >= 15 is 0 Å². The van der Waals surface area contributed by atoms with Crippen LogP contribution in [0.1, 0.15) is 11.1 Å². The van der Waals surface area contributed by atoms with Crippen molar-refractivity contribution in [2.45, 2.75) is 6.42 Å². The third kappa shape index (κ3) is 5.13. The van der Waals surface area contributed by atoms with E-state index in [0.29, 0.717) is 50.7 Å². The van der Waals surface area contributed by atoms with E-state index in [4.69, 9.17) is 26.7 Å². The molecule has 1 amide bonds. The van der Waals surface area contributed by atoms with E-state index in [9.17, 15) is 9.59 Å². The molecule has 198 valence electrons. The average molecular weight is 552 g/mol. The van der Waals surface area contributed by atoms with Gasteiger partial charge in [-0.2, -0.15) is 0 Å². The molecule has 38 heavy (non-hydrogen) atoms. The molecule has 2 aliphatic heterocycles. The van der Waals surface area contributed by atoms with Crippen LogP contribution in [0, 0.1) is 0 Å². The predicted octanol–water partition coefficient (Wildman–Crippen LogP) is 2.91. The molecule has 0 spiro atoms. The molecule has 2 saturated heterocycles. The number of thiocarbonyl (C=S) groups is 1. The second-order valence-corrected chi connectivity index (χ2v) is 10.8. The first kappa shape index (κ1) is 26.2. The number of benzene rings is 1. The van der Waals surface area contributed by atoms with Gasteiger partial charge in [-0.05, 0) is 49.4 Å². The van der Waals surface area contributed by atoms with Crippen molar-refractivity contribution in [3.63, 3.8) is 0 Å². The fraction of sp³-hybridized carbons (Fsp3) is 0.333. The minimum atomic E-state index is -0.208. The van der Waals surface area contributed by atoms with Gasteiger partial charge in [-0.25, -0.2) is 4.98 Å². The summed E-state index contributed by atoms with van der Waals surface area (Å²) in [5, 5.41) is 0. The summed E-state index contributed by atoms with van der Waals surface area (Å²) < 4.78 is 12.7. The highest BCUT2D eigenvalue weighted by molar-refractivity contribution is 8.26. The lowest BCUT2D eigenvalue weighted by Gasteiger charge is -2.34. The molecule has 11 heteroatoms. The number of piperazine rings is 1. The van der Waals surface area contributed by atoms with E-state index in [0.717, 1.165) is 31.7 Å². The molecule has 0 bridgehead atoms. The molecule has 0 atom stereocenters. The topological polar surface area (TPSA) is 79.6 Å². The number of hydrogen-bond acceptors (Lipinski definition) is 9. The van der Waals surface area contributed by atoms with Gasteiger partial charge in [0.15, 0.2) is 11.5 Å². The van der Waals surface area contributed by atoms with Crippen LogP contribution in [0.2, 0.25) is 0 Å². The van der Waals surface area contributed by atoms with Crippen molar-refractivity contribution in [2.24, 2.45) is 0 Å². The lowest BCUT2D eigenvalue weighted by Crippen LogP contribution is -2.45. The number of amides is 1. The van der Waals surface area contributed by atoms with E-state index in [1.807, 2.05) is 30.3 Å². The largest absolute Gasteiger partial charge is 0.493 e. The highest BCUT2D eigenvalue weighted by Crippen LogP contribution is 2.34. The normalized spacial score (nSPS) is 17.6. The number of ether oxygens (including phenoxy) is 2. The fourth-order valence-electron chi connectivity index (χ4n) is 4.58. The number of carbonyl (C=O) groups excluding carboxylic acids is 1. The van der Waals surface area contributed by atoms with Gasteiger partial charge in [0, 0.05) is 38.9 Å². The average Bonchev–Trinajstić information content (AvgIpc) is 3.20. The van der Waals surface area contributed by atoms with Crippen molar-refractivity contribution >= 4 is 51.7 Å². The Morgan fingerprint density at radius 3 is 2.55 bits per heavy atom. The number of hydrogen-bond donors (Lipinski definition) is 0. The van der Waals surface area contributed by atoms with Gasteiger partial charge in [0.25, 0.3) is 11.5 Å². The Balaban J connectivity index is 1.44. The Morgan fingerprint density at radius 1 is 1.05 bits per heavy atom. The zero-order chi connectivity index (χ0) is 26.8. The van der Waals surface area contributed by atoms with Crippen molar-refractivity contribution in [1.82, 2.24) is 19.2 Å². The first-order chi connectivity index (χ1) is 18.4. The van der Waals surface area contributed by atoms with Gasteiger partial charge in [0.2, 0.25) is 0 Å². The van der Waals surface area contributed by atoms with Crippen molar-refractivity contribution in [2.75, 3.05) is 58.9 Å². The Morgan fingerprint density at radius 2 is 1.82 bits per heavy atom. The summed E-state index contributed by atoms with van der Waals surface area (Å²) >= 11 is 6.78. The molecule has 0 aliphatic carbocycles. The molecule has 1 aromatic carbocycles. The van der Waals surface area contributed by atoms with Gasteiger partial charge < -0.3 is 19.3 Å². The van der Waals surface area contributed by atoms with Crippen LogP contribution in [0.4, 0.5) is 5.82 Å². The second-order valence-electron chi connectivity index (χ2n) is 9.15. The Hall–Kier alpha value is -3.41. The third-order valence-corrected chi connectivity index (χ3v) is 8.15. The molecule has 5 rings (SSSR count). The van der Waals surface area contributed by atoms with E-state index in [2.05, 4.69) is 16.8 Å². The summed E-state index contributed by atoms with van der Waals surface area (Å²) in [6.07, 6.45) is 3.95. The fourth-order valence-corrected chi connectivity index (χ4v) is 5.87. The molecule has 0 saturated carbocycles. The molecule has 3 aromatic rings. The summed E-state index contributed by atoms with van der Waals surface area (Å²) in [5.41, 5.74) is 1.76. The summed E-state index contributed by atoms with van der Waals surface area (Å²) in [5.74, 6) is 1.68. The van der Waals surface area contributed by atoms with Gasteiger partial charge in [0.05, 0.1) is 24.7 Å². The van der Waals surface area contributed by atoms with Crippen LogP contribution >= 0.6 is 24.0 Å². The van der Waals surface area contributed by atoms with Gasteiger partial charge in [-0.3, -0.25) is 18.9 Å². The Kier molecular flexibility index (Phi) is 7.68. The molecule has 2 fully saturated rings. The third-order valence-electron chi connectivity index (χ3n) is 6.77. The summed E-state index contributed by atoms with van der Waals surface area (Å²) in [7, 11) is 5.26. The van der Waals surface area contributed by atoms with Crippen LogP contribution in [-0.4, -0.2) is 83.4 Å². The molecule has 2 aromatic heterocycles. The number of aromatic nitrogens is 2. The zero-order valence-corrected chi connectivity index (χ0v) is 23.2. The van der Waals surface area contributed by atoms with Crippen LogP contribution in [0.3, 0.4) is 0 Å². The van der Waals surface area contributed by atoms with E-state index in [1.54, 1.807) is 37.5 Å². The molecule has 0 radical (unpaired) electrons. The first-order valence-electron chi connectivity index (χ1n) is 12.3. The van der Waals surface area contributed by atoms with Crippen LogP contribution in [0.5, 0.6) is 11.5 Å². The Labute approximate surface area is 230 Å². The monoisotopic (exact) mass is 551 g/mol. The maximum atomic E-state index is 13.6. The molecule has 0 N–H and O–H groups in total. The van der Waals surface area contributed by atoms with Crippen molar-refractivity contribution in [3.05, 3.63) is 69.0 Å². The van der Waals surface area contributed by atoms with Gasteiger partial charge in [0.1, 0.15) is 15.8 Å². The molecular formula is C27H29N5O4S2. The number of rotatable bonds is 7. The van der Waals surface area contributed by atoms with Gasteiger partial charge in [-0.15, -0.1) is 0 Å². The maximum absolute atomic E-state index is 13.6. The quantitative estimate of drug-likeness (QED) is 0.325. The second kappa shape index (κ2) is 11.1. The SMILES string of the molecule is COc1ccc(CCN2C(=O)/C(=C/c3c(N4CCN(C)CC4)nc4ccccn4c3=O)SC2=S)cc1OC. The first-order valence-corrected chi connectivity index (χ1v) is 13.5. The van der Waals surface area contributed by atoms with Gasteiger partial charge in [-0.1, -0.05) is 36.1 Å². The van der Waals surface area contributed by atoms with Crippen molar-refractivity contribution in [3.8, 4) is 11.5 Å². The Bertz CT molecular complexity index is 1480.